The molecule has 1 aromatic heterocycles. The lowest BCUT2D eigenvalue weighted by Gasteiger charge is -2.10. The molecule has 0 atom stereocenters. The van der Waals surface area contributed by atoms with Gasteiger partial charge in [-0.25, -0.2) is 8.42 Å². The van der Waals surface area contributed by atoms with Crippen LogP contribution in [0.2, 0.25) is 0 Å². The van der Waals surface area contributed by atoms with Crippen molar-refractivity contribution in [3.05, 3.63) is 41.2 Å². The maximum atomic E-state index is 12.3. The lowest BCUT2D eigenvalue weighted by atomic mass is 10.2. The van der Waals surface area contributed by atoms with Crippen LogP contribution in [0.1, 0.15) is 17.0 Å². The summed E-state index contributed by atoms with van der Waals surface area (Å²) in [5.41, 5.74) is 4.03. The van der Waals surface area contributed by atoms with Crippen LogP contribution in [-0.2, 0) is 21.9 Å². The van der Waals surface area contributed by atoms with Crippen LogP contribution in [0.15, 0.2) is 29.2 Å². The highest BCUT2D eigenvalue weighted by Crippen LogP contribution is 2.17. The van der Waals surface area contributed by atoms with E-state index in [1.807, 2.05) is 19.1 Å². The molecule has 0 aliphatic rings. The van der Waals surface area contributed by atoms with Gasteiger partial charge in [-0.05, 0) is 32.9 Å². The first-order valence-corrected chi connectivity index (χ1v) is 8.69. The predicted molar refractivity (Wildman–Crippen MR) is 87.8 cm³/mol. The first-order valence-electron chi connectivity index (χ1n) is 7.21. The van der Waals surface area contributed by atoms with Crippen molar-refractivity contribution in [1.82, 2.24) is 20.0 Å². The van der Waals surface area contributed by atoms with Crippen LogP contribution in [0.4, 0.5) is 0 Å². The van der Waals surface area contributed by atoms with Crippen molar-refractivity contribution in [2.75, 3.05) is 6.61 Å². The Morgan fingerprint density at radius 1 is 1.21 bits per heavy atom. The molecule has 0 saturated carbocycles. The van der Waals surface area contributed by atoms with Crippen LogP contribution in [0.25, 0.3) is 0 Å². The van der Waals surface area contributed by atoms with Gasteiger partial charge in [0.2, 0.25) is 0 Å². The quantitative estimate of drug-likeness (QED) is 0.746. The third kappa shape index (κ3) is 4.12. The number of carbonyl (C=O) groups excluding carboxylic acids is 1. The zero-order valence-corrected chi connectivity index (χ0v) is 14.8. The highest BCUT2D eigenvalue weighted by atomic mass is 32.2. The molecule has 0 spiro atoms. The largest absolute Gasteiger partial charge is 0.484 e. The summed E-state index contributed by atoms with van der Waals surface area (Å²) >= 11 is 0. The van der Waals surface area contributed by atoms with E-state index in [-0.39, 0.29) is 11.5 Å². The molecule has 1 amide bonds. The van der Waals surface area contributed by atoms with Crippen molar-refractivity contribution in [3.8, 4) is 5.75 Å². The average molecular weight is 352 g/mol. The smallest absolute Gasteiger partial charge is 0.272 e. The lowest BCUT2D eigenvalue weighted by molar-refractivity contribution is -0.123. The summed E-state index contributed by atoms with van der Waals surface area (Å²) < 4.78 is 31.3. The molecule has 0 radical (unpaired) electrons. The first kappa shape index (κ1) is 18.0. The number of nitrogens with one attached hydrogen (secondary N) is 2. The maximum absolute atomic E-state index is 12.3. The summed E-state index contributed by atoms with van der Waals surface area (Å²) in [5, 5.41) is 4.05. The van der Waals surface area contributed by atoms with Gasteiger partial charge in [0.25, 0.3) is 15.9 Å². The van der Waals surface area contributed by atoms with E-state index >= 15 is 0 Å². The molecule has 130 valence electrons. The second kappa shape index (κ2) is 7.02. The number of nitrogens with zero attached hydrogens (tertiary/aromatic N) is 2. The Balaban J connectivity index is 1.94. The van der Waals surface area contributed by atoms with Gasteiger partial charge in [-0.15, -0.1) is 4.83 Å². The van der Waals surface area contributed by atoms with Crippen molar-refractivity contribution in [1.29, 1.82) is 0 Å². The fourth-order valence-electron chi connectivity index (χ4n) is 2.14. The predicted octanol–water partition coefficient (Wildman–Crippen LogP) is 0.734. The van der Waals surface area contributed by atoms with E-state index in [0.717, 1.165) is 5.56 Å². The van der Waals surface area contributed by atoms with Crippen LogP contribution >= 0.6 is 0 Å². The van der Waals surface area contributed by atoms with Gasteiger partial charge in [-0.2, -0.15) is 5.10 Å². The number of sulfonamides is 1. The lowest BCUT2D eigenvalue weighted by Crippen LogP contribution is -2.44. The van der Waals surface area contributed by atoms with Crippen LogP contribution in [0.3, 0.4) is 0 Å². The van der Waals surface area contributed by atoms with Gasteiger partial charge in [0.1, 0.15) is 10.6 Å². The van der Waals surface area contributed by atoms with Crippen molar-refractivity contribution >= 4 is 15.9 Å². The average Bonchev–Trinajstić information content (AvgIpc) is 2.78. The fraction of sp³-hybridized carbons (Fsp3) is 0.333. The monoisotopic (exact) mass is 352 g/mol. The molecule has 8 nitrogen and oxygen atoms in total. The zero-order valence-electron chi connectivity index (χ0n) is 14.0. The van der Waals surface area contributed by atoms with Crippen LogP contribution < -0.4 is 15.0 Å². The number of hydrogen-bond acceptors (Lipinski definition) is 5. The Labute approximate surface area is 140 Å². The van der Waals surface area contributed by atoms with E-state index in [1.54, 1.807) is 33.0 Å². The number of ether oxygens (including phenoxy) is 1. The minimum absolute atomic E-state index is 0.0461. The Morgan fingerprint density at radius 2 is 1.83 bits per heavy atom. The molecule has 1 heterocycles. The van der Waals surface area contributed by atoms with Crippen molar-refractivity contribution in [2.45, 2.75) is 25.7 Å². The second-order valence-corrected chi connectivity index (χ2v) is 7.00. The van der Waals surface area contributed by atoms with E-state index in [0.29, 0.717) is 17.1 Å². The highest BCUT2D eigenvalue weighted by molar-refractivity contribution is 7.89. The Morgan fingerprint density at radius 3 is 2.38 bits per heavy atom. The summed E-state index contributed by atoms with van der Waals surface area (Å²) in [6.07, 6.45) is 0. The van der Waals surface area contributed by atoms with Gasteiger partial charge in [0, 0.05) is 7.05 Å². The second-order valence-electron chi connectivity index (χ2n) is 5.38. The minimum atomic E-state index is -3.91. The highest BCUT2D eigenvalue weighted by Gasteiger charge is 2.24. The maximum Gasteiger partial charge on any atom is 0.272 e. The van der Waals surface area contributed by atoms with Gasteiger partial charge in [0.15, 0.2) is 6.61 Å². The van der Waals surface area contributed by atoms with Gasteiger partial charge in [0.05, 0.1) is 11.4 Å². The number of aryl methyl sites for hydroxylation is 3. The number of carbonyl (C=O) groups is 1. The van der Waals surface area contributed by atoms with Gasteiger partial charge in [-0.3, -0.25) is 14.9 Å². The standard InChI is InChI=1S/C15H20N4O4S/c1-10-5-7-13(8-6-10)23-9-14(20)16-18-24(21,22)15-11(2)17-19(4)12(15)3/h5-8,18H,9H2,1-4H3,(H,16,20). The topological polar surface area (TPSA) is 102 Å². The number of benzene rings is 1. The Kier molecular flexibility index (Phi) is 5.25. The number of hydrazine groups is 1. The van der Waals surface area contributed by atoms with Crippen molar-refractivity contribution in [3.63, 3.8) is 0 Å². The van der Waals surface area contributed by atoms with E-state index < -0.39 is 15.9 Å². The Hall–Kier alpha value is -2.39. The first-order chi connectivity index (χ1) is 11.2. The van der Waals surface area contributed by atoms with E-state index in [2.05, 4.69) is 15.4 Å². The molecule has 0 aliphatic carbocycles. The molecular formula is C15H20N4O4S. The molecule has 0 saturated heterocycles. The van der Waals surface area contributed by atoms with Crippen LogP contribution in [-0.4, -0.2) is 30.7 Å². The van der Waals surface area contributed by atoms with Gasteiger partial charge in [-0.1, -0.05) is 17.7 Å². The molecule has 0 bridgehead atoms. The number of aromatic nitrogens is 2. The molecule has 1 aromatic carbocycles. The Bertz CT molecular complexity index is 841. The molecule has 0 aliphatic heterocycles. The fourth-order valence-corrected chi connectivity index (χ4v) is 3.44. The summed E-state index contributed by atoms with van der Waals surface area (Å²) in [6, 6.07) is 7.16. The van der Waals surface area contributed by atoms with Gasteiger partial charge < -0.3 is 4.74 Å². The van der Waals surface area contributed by atoms with E-state index in [4.69, 9.17) is 4.74 Å². The molecule has 9 heteroatoms. The molecule has 2 N–H and O–H groups in total. The number of rotatable bonds is 6. The molecule has 2 rings (SSSR count). The number of hydrogen-bond donors (Lipinski definition) is 2. The van der Waals surface area contributed by atoms with Gasteiger partial charge >= 0.3 is 0 Å². The van der Waals surface area contributed by atoms with E-state index in [1.165, 1.54) is 4.68 Å². The molecule has 24 heavy (non-hydrogen) atoms. The molecule has 0 unspecified atom stereocenters. The molecular weight excluding hydrogens is 332 g/mol. The third-order valence-electron chi connectivity index (χ3n) is 3.43. The normalized spacial score (nSPS) is 11.3. The molecule has 0 fully saturated rings. The summed E-state index contributed by atoms with van der Waals surface area (Å²) in [7, 11) is -2.26. The minimum Gasteiger partial charge on any atom is -0.484 e. The van der Waals surface area contributed by atoms with Crippen molar-refractivity contribution < 1.29 is 17.9 Å². The summed E-state index contributed by atoms with van der Waals surface area (Å²) in [5.74, 6) is -0.0871. The SMILES string of the molecule is Cc1ccc(OCC(=O)NNS(=O)(=O)c2c(C)nn(C)c2C)cc1. The third-order valence-corrected chi connectivity index (χ3v) is 4.93. The summed E-state index contributed by atoms with van der Waals surface area (Å²) in [4.78, 5) is 13.9. The number of amides is 1. The molecule has 2 aromatic rings. The summed E-state index contributed by atoms with van der Waals surface area (Å²) in [6.45, 7) is 4.85. The van der Waals surface area contributed by atoms with Crippen molar-refractivity contribution in [2.24, 2.45) is 7.05 Å². The van der Waals surface area contributed by atoms with E-state index in [9.17, 15) is 13.2 Å². The van der Waals surface area contributed by atoms with Crippen LogP contribution in [0.5, 0.6) is 5.75 Å². The zero-order chi connectivity index (χ0) is 17.9. The van der Waals surface area contributed by atoms with Crippen LogP contribution in [0, 0.1) is 20.8 Å².